The largest absolute Gasteiger partial charge is 0.416 e. The highest BCUT2D eigenvalue weighted by molar-refractivity contribution is 5.56. The summed E-state index contributed by atoms with van der Waals surface area (Å²) >= 11 is 0. The van der Waals surface area contributed by atoms with E-state index in [0.717, 1.165) is 24.6 Å². The molecular weight excluding hydrogens is 229 g/mol. The third-order valence-corrected chi connectivity index (χ3v) is 3.24. The number of hydrogen-bond acceptors (Lipinski definition) is 1. The SMILES string of the molecule is CC[C@@H]1C[C@H]([NH3+])c2cc(C(F)(F)F)ccc2N1. The van der Waals surface area contributed by atoms with Gasteiger partial charge in [-0.25, -0.2) is 0 Å². The summed E-state index contributed by atoms with van der Waals surface area (Å²) in [6.45, 7) is 2.06. The van der Waals surface area contributed by atoms with E-state index in [-0.39, 0.29) is 6.04 Å². The number of quaternary nitrogens is 1. The average molecular weight is 245 g/mol. The Hall–Kier alpha value is -1.23. The molecular formula is C12H16F3N2+. The molecule has 0 amide bonds. The van der Waals surface area contributed by atoms with Gasteiger partial charge >= 0.3 is 6.18 Å². The Morgan fingerprint density at radius 2 is 2.12 bits per heavy atom. The Kier molecular flexibility index (Phi) is 3.03. The van der Waals surface area contributed by atoms with E-state index in [9.17, 15) is 13.2 Å². The van der Waals surface area contributed by atoms with E-state index in [1.165, 1.54) is 12.1 Å². The smallest absolute Gasteiger partial charge is 0.382 e. The van der Waals surface area contributed by atoms with E-state index in [1.54, 1.807) is 0 Å². The molecule has 17 heavy (non-hydrogen) atoms. The number of benzene rings is 1. The topological polar surface area (TPSA) is 39.7 Å². The number of rotatable bonds is 1. The van der Waals surface area contributed by atoms with Crippen LogP contribution in [-0.2, 0) is 6.18 Å². The molecule has 94 valence electrons. The van der Waals surface area contributed by atoms with Crippen molar-refractivity contribution in [3.05, 3.63) is 29.3 Å². The Morgan fingerprint density at radius 3 is 2.71 bits per heavy atom. The van der Waals surface area contributed by atoms with Gasteiger partial charge in [0.15, 0.2) is 0 Å². The fraction of sp³-hybridized carbons (Fsp3) is 0.500. The number of nitrogens with one attached hydrogen (secondary N) is 1. The van der Waals surface area contributed by atoms with E-state index in [4.69, 9.17) is 0 Å². The van der Waals surface area contributed by atoms with Crippen molar-refractivity contribution in [2.24, 2.45) is 0 Å². The van der Waals surface area contributed by atoms with Gasteiger partial charge in [-0.2, -0.15) is 13.2 Å². The van der Waals surface area contributed by atoms with Gasteiger partial charge in [-0.15, -0.1) is 0 Å². The highest BCUT2D eigenvalue weighted by Crippen LogP contribution is 2.36. The molecule has 4 N–H and O–H groups in total. The van der Waals surface area contributed by atoms with Crippen LogP contribution in [0.15, 0.2) is 18.2 Å². The lowest BCUT2D eigenvalue weighted by molar-refractivity contribution is -0.429. The monoisotopic (exact) mass is 245 g/mol. The van der Waals surface area contributed by atoms with Crippen LogP contribution in [0.1, 0.15) is 36.9 Å². The van der Waals surface area contributed by atoms with Crippen molar-refractivity contribution in [1.29, 1.82) is 0 Å². The van der Waals surface area contributed by atoms with E-state index < -0.39 is 11.7 Å². The van der Waals surface area contributed by atoms with Crippen LogP contribution in [0.3, 0.4) is 0 Å². The number of anilines is 1. The van der Waals surface area contributed by atoms with Gasteiger partial charge in [0.2, 0.25) is 0 Å². The summed E-state index contributed by atoms with van der Waals surface area (Å²) in [7, 11) is 0. The third kappa shape index (κ3) is 2.39. The first-order valence-corrected chi connectivity index (χ1v) is 5.72. The molecule has 1 aromatic carbocycles. The first-order valence-electron chi connectivity index (χ1n) is 5.72. The fourth-order valence-electron chi connectivity index (χ4n) is 2.23. The number of fused-ring (bicyclic) bond motifs is 1. The predicted octanol–water partition coefficient (Wildman–Crippen LogP) is 2.58. The molecule has 5 heteroatoms. The van der Waals surface area contributed by atoms with Gasteiger partial charge in [-0.1, -0.05) is 6.92 Å². The molecule has 1 aromatic rings. The minimum absolute atomic E-state index is 0.0708. The lowest BCUT2D eigenvalue weighted by Crippen LogP contribution is -2.56. The van der Waals surface area contributed by atoms with Crippen molar-refractivity contribution in [2.45, 2.75) is 38.0 Å². The summed E-state index contributed by atoms with van der Waals surface area (Å²) in [6.07, 6.45) is -2.55. The first-order chi connectivity index (χ1) is 7.91. The van der Waals surface area contributed by atoms with E-state index in [0.29, 0.717) is 11.6 Å². The maximum absolute atomic E-state index is 12.6. The maximum Gasteiger partial charge on any atom is 0.416 e. The summed E-state index contributed by atoms with van der Waals surface area (Å²) < 4.78 is 37.8. The Morgan fingerprint density at radius 1 is 1.41 bits per heavy atom. The molecule has 0 spiro atoms. The Labute approximate surface area is 98.0 Å². The van der Waals surface area contributed by atoms with Crippen molar-refractivity contribution >= 4 is 5.69 Å². The molecule has 0 saturated carbocycles. The van der Waals surface area contributed by atoms with Gasteiger partial charge in [0.1, 0.15) is 6.04 Å². The number of alkyl halides is 3. The molecule has 1 aliphatic rings. The molecule has 2 nitrogen and oxygen atoms in total. The van der Waals surface area contributed by atoms with Crippen molar-refractivity contribution in [3.63, 3.8) is 0 Å². The molecule has 0 radical (unpaired) electrons. The second-order valence-corrected chi connectivity index (χ2v) is 4.48. The maximum atomic E-state index is 12.6. The Bertz CT molecular complexity index is 415. The highest BCUT2D eigenvalue weighted by Gasteiger charge is 2.33. The van der Waals surface area contributed by atoms with Gasteiger partial charge in [0, 0.05) is 23.7 Å². The minimum Gasteiger partial charge on any atom is -0.382 e. The van der Waals surface area contributed by atoms with Crippen molar-refractivity contribution in [2.75, 3.05) is 5.32 Å². The van der Waals surface area contributed by atoms with E-state index >= 15 is 0 Å². The standard InChI is InChI=1S/C12H15F3N2/c1-2-8-6-10(16)9-5-7(12(13,14)15)3-4-11(9)17-8/h3-5,8,10,17H,2,6,16H2,1H3/p+1/t8-,10+/m1/s1. The molecule has 0 bridgehead atoms. The predicted molar refractivity (Wildman–Crippen MR) is 59.4 cm³/mol. The van der Waals surface area contributed by atoms with Gasteiger partial charge in [0.05, 0.1) is 5.56 Å². The molecule has 2 atom stereocenters. The van der Waals surface area contributed by atoms with Crippen molar-refractivity contribution in [1.82, 2.24) is 0 Å². The zero-order valence-corrected chi connectivity index (χ0v) is 9.64. The highest BCUT2D eigenvalue weighted by atomic mass is 19.4. The minimum atomic E-state index is -4.28. The van der Waals surface area contributed by atoms with Crippen LogP contribution in [0.2, 0.25) is 0 Å². The summed E-state index contributed by atoms with van der Waals surface area (Å²) in [4.78, 5) is 0. The van der Waals surface area contributed by atoms with Crippen LogP contribution in [0.25, 0.3) is 0 Å². The summed E-state index contributed by atoms with van der Waals surface area (Å²) in [5.74, 6) is 0. The molecule has 0 aromatic heterocycles. The van der Waals surface area contributed by atoms with Gasteiger partial charge in [-0.3, -0.25) is 0 Å². The molecule has 1 aliphatic heterocycles. The fourth-order valence-corrected chi connectivity index (χ4v) is 2.23. The lowest BCUT2D eigenvalue weighted by Gasteiger charge is -2.29. The normalized spacial score (nSPS) is 24.1. The van der Waals surface area contributed by atoms with E-state index in [2.05, 4.69) is 18.0 Å². The van der Waals surface area contributed by atoms with Gasteiger partial charge < -0.3 is 11.1 Å². The van der Waals surface area contributed by atoms with Gasteiger partial charge in [0.25, 0.3) is 0 Å². The second kappa shape index (κ2) is 4.22. The zero-order valence-electron chi connectivity index (χ0n) is 9.64. The molecule has 1 heterocycles. The lowest BCUT2D eigenvalue weighted by atomic mass is 9.91. The third-order valence-electron chi connectivity index (χ3n) is 3.24. The number of halogens is 3. The van der Waals surface area contributed by atoms with Crippen molar-refractivity contribution in [3.8, 4) is 0 Å². The molecule has 0 fully saturated rings. The van der Waals surface area contributed by atoms with Crippen molar-refractivity contribution < 1.29 is 18.9 Å². The van der Waals surface area contributed by atoms with Crippen LogP contribution in [0, 0.1) is 0 Å². The molecule has 2 rings (SSSR count). The summed E-state index contributed by atoms with van der Waals surface area (Å²) in [6, 6.07) is 4.08. The molecule has 0 unspecified atom stereocenters. The first kappa shape index (κ1) is 12.2. The average Bonchev–Trinajstić information content (AvgIpc) is 2.27. The van der Waals surface area contributed by atoms with Crippen LogP contribution >= 0.6 is 0 Å². The Balaban J connectivity index is 2.37. The van der Waals surface area contributed by atoms with Gasteiger partial charge in [-0.05, 0) is 24.6 Å². The summed E-state index contributed by atoms with van der Waals surface area (Å²) in [5, 5.41) is 3.25. The van der Waals surface area contributed by atoms with Crippen LogP contribution in [0.5, 0.6) is 0 Å². The second-order valence-electron chi connectivity index (χ2n) is 4.48. The van der Waals surface area contributed by atoms with Crippen LogP contribution < -0.4 is 11.1 Å². The number of hydrogen-bond donors (Lipinski definition) is 2. The van der Waals surface area contributed by atoms with E-state index in [1.807, 2.05) is 0 Å². The van der Waals surface area contributed by atoms with Crippen LogP contribution in [0.4, 0.5) is 18.9 Å². The molecule has 0 saturated heterocycles. The van der Waals surface area contributed by atoms with Crippen LogP contribution in [-0.4, -0.2) is 6.04 Å². The zero-order chi connectivity index (χ0) is 12.6. The quantitative estimate of drug-likeness (QED) is 0.784. The molecule has 0 aliphatic carbocycles. The summed E-state index contributed by atoms with van der Waals surface area (Å²) in [5.41, 5.74) is 4.82.